The molecule has 5 nitrogen and oxygen atoms in total. The predicted molar refractivity (Wildman–Crippen MR) is 77.3 cm³/mol. The van der Waals surface area contributed by atoms with E-state index in [9.17, 15) is 15.1 Å². The molecule has 20 heavy (non-hydrogen) atoms. The van der Waals surface area contributed by atoms with Gasteiger partial charge in [-0.3, -0.25) is 4.79 Å². The first kappa shape index (κ1) is 13.5. The quantitative estimate of drug-likeness (QED) is 0.566. The van der Waals surface area contributed by atoms with Gasteiger partial charge >= 0.3 is 0 Å². The number of hydrogen-bond acceptors (Lipinski definition) is 5. The second-order valence-electron chi connectivity index (χ2n) is 5.23. The van der Waals surface area contributed by atoms with Crippen LogP contribution in [-0.4, -0.2) is 44.6 Å². The number of carbonyl (C=O) groups is 1. The summed E-state index contributed by atoms with van der Waals surface area (Å²) >= 11 is 1.53. The number of thioether (sulfide) groups is 1. The fraction of sp³-hybridized carbons (Fsp3) is 0.429. The van der Waals surface area contributed by atoms with E-state index in [0.29, 0.717) is 29.9 Å². The molecule has 2 fully saturated rings. The highest BCUT2D eigenvalue weighted by molar-refractivity contribution is 8.01. The highest BCUT2D eigenvalue weighted by atomic mass is 32.2. The predicted octanol–water partition coefficient (Wildman–Crippen LogP) is 1.26. The van der Waals surface area contributed by atoms with Crippen LogP contribution in [-0.2, 0) is 0 Å². The average molecular weight is 292 g/mol. The van der Waals surface area contributed by atoms with Gasteiger partial charge in [0.2, 0.25) is 0 Å². The van der Waals surface area contributed by atoms with Gasteiger partial charge in [0, 0.05) is 11.3 Å². The monoisotopic (exact) mass is 292 g/mol. The summed E-state index contributed by atoms with van der Waals surface area (Å²) in [7, 11) is 0. The molecule has 1 aromatic carbocycles. The van der Waals surface area contributed by atoms with E-state index in [1.807, 2.05) is 18.2 Å². The third-order valence-corrected chi connectivity index (χ3v) is 5.54. The second kappa shape index (κ2) is 5.10. The van der Waals surface area contributed by atoms with Gasteiger partial charge < -0.3 is 15.6 Å². The molecule has 3 N–H and O–H groups in total. The molecular weight excluding hydrogens is 276 g/mol. The summed E-state index contributed by atoms with van der Waals surface area (Å²) in [6, 6.07) is 8.97. The van der Waals surface area contributed by atoms with E-state index in [-0.39, 0.29) is 11.2 Å². The number of nitrogens with zero attached hydrogens (tertiary/aromatic N) is 1. The van der Waals surface area contributed by atoms with E-state index >= 15 is 0 Å². The lowest BCUT2D eigenvalue weighted by Crippen LogP contribution is -2.59. The van der Waals surface area contributed by atoms with Crippen LogP contribution in [0, 0.1) is 0 Å². The summed E-state index contributed by atoms with van der Waals surface area (Å²) in [5.74, 6) is 0.455. The summed E-state index contributed by atoms with van der Waals surface area (Å²) in [4.78, 5) is 12.3. The van der Waals surface area contributed by atoms with Crippen LogP contribution >= 0.6 is 11.8 Å². The normalized spacial score (nSPS) is 34.1. The Morgan fingerprint density at radius 3 is 2.85 bits per heavy atom. The molecule has 2 bridgehead atoms. The first-order valence-electron chi connectivity index (χ1n) is 6.56. The zero-order chi connectivity index (χ0) is 14.2. The molecule has 6 heteroatoms. The van der Waals surface area contributed by atoms with Crippen molar-refractivity contribution >= 4 is 23.4 Å². The fourth-order valence-corrected chi connectivity index (χ4v) is 4.51. The van der Waals surface area contributed by atoms with E-state index in [1.54, 1.807) is 12.1 Å². The smallest absolute Gasteiger partial charge is 0.252 e. The minimum atomic E-state index is -0.629. The third kappa shape index (κ3) is 2.09. The van der Waals surface area contributed by atoms with E-state index in [0.717, 1.165) is 0 Å². The Balaban J connectivity index is 1.85. The van der Waals surface area contributed by atoms with Crippen LogP contribution in [0.25, 0.3) is 0 Å². The second-order valence-corrected chi connectivity index (χ2v) is 6.36. The van der Waals surface area contributed by atoms with Crippen LogP contribution < -0.4 is 5.32 Å². The Hall–Kier alpha value is -1.53. The lowest BCUT2D eigenvalue weighted by atomic mass is 9.80. The summed E-state index contributed by atoms with van der Waals surface area (Å²) in [5.41, 5.74) is 0.445. The van der Waals surface area contributed by atoms with Gasteiger partial charge in [-0.1, -0.05) is 23.4 Å². The van der Waals surface area contributed by atoms with Gasteiger partial charge in [0.05, 0.1) is 22.6 Å². The van der Waals surface area contributed by atoms with E-state index in [1.165, 1.54) is 11.8 Å². The lowest BCUT2D eigenvalue weighted by Gasteiger charge is -2.35. The Morgan fingerprint density at radius 2 is 2.15 bits per heavy atom. The van der Waals surface area contributed by atoms with Gasteiger partial charge in [-0.2, -0.15) is 0 Å². The Bertz CT molecular complexity index is 549. The highest BCUT2D eigenvalue weighted by Gasteiger charge is 2.53. The van der Waals surface area contributed by atoms with Crippen LogP contribution in [0.2, 0.25) is 0 Å². The number of amides is 1. The number of hydrogen-bond donors (Lipinski definition) is 3. The molecule has 1 saturated heterocycles. The summed E-state index contributed by atoms with van der Waals surface area (Å²) in [6.07, 6.45) is 0.691. The molecule has 0 unspecified atom stereocenters. The molecule has 3 atom stereocenters. The van der Waals surface area contributed by atoms with E-state index in [4.69, 9.17) is 0 Å². The van der Waals surface area contributed by atoms with Gasteiger partial charge in [0.15, 0.2) is 0 Å². The number of aliphatic hydroxyl groups excluding tert-OH is 1. The first-order chi connectivity index (χ1) is 9.66. The number of oxime groups is 1. The number of rotatable bonds is 2. The minimum absolute atomic E-state index is 0.176. The van der Waals surface area contributed by atoms with E-state index < -0.39 is 11.6 Å². The van der Waals surface area contributed by atoms with Gasteiger partial charge in [0.25, 0.3) is 5.91 Å². The summed E-state index contributed by atoms with van der Waals surface area (Å²) in [6.45, 7) is 0. The fourth-order valence-electron chi connectivity index (χ4n) is 2.89. The maximum atomic E-state index is 12.3. The van der Waals surface area contributed by atoms with Crippen molar-refractivity contribution < 1.29 is 15.1 Å². The van der Waals surface area contributed by atoms with Gasteiger partial charge in [-0.05, 0) is 25.0 Å². The molecule has 1 aliphatic heterocycles. The van der Waals surface area contributed by atoms with Crippen molar-refractivity contribution in [2.75, 3.05) is 5.75 Å². The number of aliphatic hydroxyl groups is 1. The lowest BCUT2D eigenvalue weighted by molar-refractivity contribution is 0.0904. The number of carbonyl (C=O) groups excluding carboxylic acids is 1. The third-order valence-electron chi connectivity index (χ3n) is 3.98. The number of benzene rings is 1. The van der Waals surface area contributed by atoms with Gasteiger partial charge in [0.1, 0.15) is 0 Å². The Labute approximate surface area is 121 Å². The molecular formula is C14H16N2O3S. The maximum absolute atomic E-state index is 12.3. The first-order valence-corrected chi connectivity index (χ1v) is 7.61. The summed E-state index contributed by atoms with van der Waals surface area (Å²) in [5, 5.41) is 25.3. The molecule has 1 heterocycles. The topological polar surface area (TPSA) is 81.9 Å². The Kier molecular flexibility index (Phi) is 3.43. The molecule has 0 aromatic heterocycles. The van der Waals surface area contributed by atoms with Crippen LogP contribution in [0.1, 0.15) is 23.2 Å². The molecule has 1 aromatic rings. The summed E-state index contributed by atoms with van der Waals surface area (Å²) < 4.78 is 0. The number of nitrogens with one attached hydrogen (secondary N) is 1. The zero-order valence-electron chi connectivity index (χ0n) is 10.8. The standard InChI is InChI=1S/C14H16N2O3S/c17-10-6-7-14(8-20-11(10)12(14)16-19)15-13(18)9-4-2-1-3-5-9/h1-5,10-11,17,19H,6-8H2,(H,15,18)/t10-,11+,14-/m1/s1. The van der Waals surface area contributed by atoms with Crippen molar-refractivity contribution in [2.45, 2.75) is 29.7 Å². The zero-order valence-corrected chi connectivity index (χ0v) is 11.6. The molecule has 3 rings (SSSR count). The molecule has 0 radical (unpaired) electrons. The van der Waals surface area contributed by atoms with Crippen molar-refractivity contribution in [1.82, 2.24) is 5.32 Å². The van der Waals surface area contributed by atoms with Crippen LogP contribution in [0.4, 0.5) is 0 Å². The van der Waals surface area contributed by atoms with Crippen LogP contribution in [0.15, 0.2) is 35.5 Å². The molecule has 1 aliphatic carbocycles. The number of fused-ring (bicyclic) bond motifs is 2. The molecule has 1 amide bonds. The van der Waals surface area contributed by atoms with Crippen LogP contribution in [0.5, 0.6) is 0 Å². The Morgan fingerprint density at radius 1 is 1.40 bits per heavy atom. The van der Waals surface area contributed by atoms with Crippen molar-refractivity contribution in [3.63, 3.8) is 0 Å². The van der Waals surface area contributed by atoms with E-state index in [2.05, 4.69) is 10.5 Å². The SMILES string of the molecule is O=C(N[C@]12CC[C@@H](O)[C@H](SC1)C2=NO)c1ccccc1. The van der Waals surface area contributed by atoms with Gasteiger partial charge in [-0.15, -0.1) is 11.8 Å². The van der Waals surface area contributed by atoms with Crippen molar-refractivity contribution in [1.29, 1.82) is 0 Å². The molecule has 0 spiro atoms. The molecule has 1 saturated carbocycles. The maximum Gasteiger partial charge on any atom is 0.252 e. The van der Waals surface area contributed by atoms with Crippen molar-refractivity contribution in [3.8, 4) is 0 Å². The van der Waals surface area contributed by atoms with Gasteiger partial charge in [-0.25, -0.2) is 0 Å². The van der Waals surface area contributed by atoms with Crippen molar-refractivity contribution in [2.24, 2.45) is 5.16 Å². The van der Waals surface area contributed by atoms with Crippen molar-refractivity contribution in [3.05, 3.63) is 35.9 Å². The largest absolute Gasteiger partial charge is 0.411 e. The van der Waals surface area contributed by atoms with Crippen LogP contribution in [0.3, 0.4) is 0 Å². The minimum Gasteiger partial charge on any atom is -0.411 e. The molecule has 2 aliphatic rings. The average Bonchev–Trinajstić information content (AvgIpc) is 2.76. The molecule has 106 valence electrons. The highest BCUT2D eigenvalue weighted by Crippen LogP contribution is 2.43.